The normalized spacial score (nSPS) is 11.7. The van der Waals surface area contributed by atoms with E-state index in [9.17, 15) is 13.2 Å². The summed E-state index contributed by atoms with van der Waals surface area (Å²) in [5.41, 5.74) is 2.16. The molecule has 0 saturated carbocycles. The summed E-state index contributed by atoms with van der Waals surface area (Å²) < 4.78 is 27.0. The molecule has 0 aliphatic carbocycles. The minimum Gasteiger partial charge on any atom is -0.287 e. The third-order valence-electron chi connectivity index (χ3n) is 4.52. The van der Waals surface area contributed by atoms with Crippen LogP contribution < -0.4 is 0 Å². The van der Waals surface area contributed by atoms with E-state index in [0.29, 0.717) is 11.1 Å². The predicted octanol–water partition coefficient (Wildman–Crippen LogP) is 3.93. The van der Waals surface area contributed by atoms with Gasteiger partial charge in [-0.1, -0.05) is 17.7 Å². The maximum atomic E-state index is 12.9. The van der Waals surface area contributed by atoms with Crippen LogP contribution in [0.25, 0.3) is 11.2 Å². The summed E-state index contributed by atoms with van der Waals surface area (Å²) in [4.78, 5) is 22.5. The number of ketones is 1. The molecule has 0 aliphatic rings. The van der Waals surface area contributed by atoms with Crippen molar-refractivity contribution in [3.63, 3.8) is 0 Å². The molecule has 4 rings (SSSR count). The van der Waals surface area contributed by atoms with Gasteiger partial charge in [-0.2, -0.15) is 0 Å². The quantitative estimate of drug-likeness (QED) is 0.357. The molecule has 8 heteroatoms. The number of aryl methyl sites for hydroxylation is 1. The van der Waals surface area contributed by atoms with Crippen molar-refractivity contribution in [2.45, 2.75) is 16.7 Å². The van der Waals surface area contributed by atoms with E-state index in [2.05, 4.69) is 9.97 Å². The van der Waals surface area contributed by atoms with Crippen LogP contribution in [0.1, 0.15) is 21.6 Å². The van der Waals surface area contributed by atoms with Gasteiger partial charge in [0.15, 0.2) is 5.65 Å². The van der Waals surface area contributed by atoms with Crippen molar-refractivity contribution in [2.24, 2.45) is 0 Å². The van der Waals surface area contributed by atoms with Gasteiger partial charge in [0.05, 0.1) is 11.1 Å². The Morgan fingerprint density at radius 3 is 2.34 bits per heavy atom. The maximum absolute atomic E-state index is 12.9. The lowest BCUT2D eigenvalue weighted by Gasteiger charge is -2.07. The van der Waals surface area contributed by atoms with Crippen LogP contribution in [0.3, 0.4) is 0 Å². The molecule has 4 aromatic rings. The Balaban J connectivity index is 1.72. The lowest BCUT2D eigenvalue weighted by Crippen LogP contribution is -2.13. The molecule has 6 nitrogen and oxygen atoms in total. The molecular formula is C21H17N3O3S2. The highest BCUT2D eigenvalue weighted by Crippen LogP contribution is 2.21. The summed E-state index contributed by atoms with van der Waals surface area (Å²) in [6.07, 6.45) is 4.68. The summed E-state index contributed by atoms with van der Waals surface area (Å²) in [6, 6.07) is 15.4. The molecule has 0 N–H and O–H groups in total. The van der Waals surface area contributed by atoms with E-state index >= 15 is 0 Å². The minimum atomic E-state index is -3.81. The molecule has 0 aliphatic heterocycles. The van der Waals surface area contributed by atoms with Gasteiger partial charge in [-0.15, -0.1) is 11.8 Å². The number of carbonyl (C=O) groups excluding carboxylic acids is 1. The van der Waals surface area contributed by atoms with Gasteiger partial charge in [0.1, 0.15) is 11.2 Å². The van der Waals surface area contributed by atoms with Crippen LogP contribution in [-0.2, 0) is 10.0 Å². The van der Waals surface area contributed by atoms with Crippen LogP contribution in [0.2, 0.25) is 0 Å². The molecular weight excluding hydrogens is 406 g/mol. The Morgan fingerprint density at radius 1 is 1.00 bits per heavy atom. The second kappa shape index (κ2) is 7.46. The second-order valence-electron chi connectivity index (χ2n) is 6.45. The molecule has 0 unspecified atom stereocenters. The van der Waals surface area contributed by atoms with Gasteiger partial charge in [0.25, 0.3) is 10.0 Å². The summed E-state index contributed by atoms with van der Waals surface area (Å²) >= 11 is 1.59. The molecule has 0 atom stereocenters. The van der Waals surface area contributed by atoms with E-state index in [4.69, 9.17) is 0 Å². The average molecular weight is 424 g/mol. The molecule has 0 spiro atoms. The molecule has 0 bridgehead atoms. The van der Waals surface area contributed by atoms with Gasteiger partial charge in [-0.3, -0.25) is 4.79 Å². The number of hydrogen-bond acceptors (Lipinski definition) is 6. The largest absolute Gasteiger partial charge is 0.287 e. The molecule has 146 valence electrons. The van der Waals surface area contributed by atoms with E-state index in [-0.39, 0.29) is 22.0 Å². The van der Waals surface area contributed by atoms with Crippen molar-refractivity contribution < 1.29 is 13.2 Å². The fraction of sp³-hybridized carbons (Fsp3) is 0.0952. The monoisotopic (exact) mass is 423 g/mol. The Hall–Kier alpha value is -2.97. The van der Waals surface area contributed by atoms with E-state index in [1.807, 2.05) is 25.3 Å². The lowest BCUT2D eigenvalue weighted by atomic mass is 10.1. The molecule has 2 heterocycles. The van der Waals surface area contributed by atoms with E-state index in [0.717, 1.165) is 14.4 Å². The highest BCUT2D eigenvalue weighted by Gasteiger charge is 2.21. The van der Waals surface area contributed by atoms with Crippen LogP contribution in [0.15, 0.2) is 76.8 Å². The first-order valence-corrected chi connectivity index (χ1v) is 11.4. The zero-order valence-corrected chi connectivity index (χ0v) is 17.4. The molecule has 0 fully saturated rings. The highest BCUT2D eigenvalue weighted by molar-refractivity contribution is 7.98. The molecule has 2 aromatic heterocycles. The fourth-order valence-electron chi connectivity index (χ4n) is 2.90. The van der Waals surface area contributed by atoms with Gasteiger partial charge >= 0.3 is 0 Å². The van der Waals surface area contributed by atoms with Crippen molar-refractivity contribution >= 4 is 38.7 Å². The van der Waals surface area contributed by atoms with Crippen LogP contribution in [0, 0.1) is 6.92 Å². The molecule has 2 aromatic carbocycles. The summed E-state index contributed by atoms with van der Waals surface area (Å²) in [6.45, 7) is 1.89. The first-order chi connectivity index (χ1) is 13.9. The predicted molar refractivity (Wildman–Crippen MR) is 113 cm³/mol. The van der Waals surface area contributed by atoms with Crippen LogP contribution in [0.4, 0.5) is 0 Å². The molecule has 0 saturated heterocycles. The Labute approximate surface area is 172 Å². The van der Waals surface area contributed by atoms with Crippen molar-refractivity contribution in [3.8, 4) is 0 Å². The lowest BCUT2D eigenvalue weighted by molar-refractivity contribution is 0.103. The van der Waals surface area contributed by atoms with Crippen LogP contribution >= 0.6 is 11.8 Å². The van der Waals surface area contributed by atoms with Gasteiger partial charge in [0, 0.05) is 16.7 Å². The molecule has 0 radical (unpaired) electrons. The number of rotatable bonds is 5. The zero-order valence-electron chi connectivity index (χ0n) is 15.7. The van der Waals surface area contributed by atoms with Crippen molar-refractivity contribution in [1.82, 2.24) is 13.9 Å². The Bertz CT molecular complexity index is 1310. The van der Waals surface area contributed by atoms with Crippen molar-refractivity contribution in [1.29, 1.82) is 0 Å². The number of carbonyl (C=O) groups is 1. The first-order valence-electron chi connectivity index (χ1n) is 8.75. The average Bonchev–Trinajstić information content (AvgIpc) is 3.17. The van der Waals surface area contributed by atoms with Gasteiger partial charge in [0.2, 0.25) is 5.78 Å². The second-order valence-corrected chi connectivity index (χ2v) is 9.15. The van der Waals surface area contributed by atoms with E-state index < -0.39 is 10.0 Å². The first kappa shape index (κ1) is 19.4. The van der Waals surface area contributed by atoms with Gasteiger partial charge in [-0.25, -0.2) is 22.4 Å². The van der Waals surface area contributed by atoms with Crippen LogP contribution in [0.5, 0.6) is 0 Å². The van der Waals surface area contributed by atoms with E-state index in [1.54, 1.807) is 54.2 Å². The van der Waals surface area contributed by atoms with Gasteiger partial charge < -0.3 is 0 Å². The molecule has 0 amide bonds. The number of nitrogens with zero attached hydrogens (tertiary/aromatic N) is 3. The minimum absolute atomic E-state index is 0.163. The number of hydrogen-bond donors (Lipinski definition) is 0. The summed E-state index contributed by atoms with van der Waals surface area (Å²) in [7, 11) is -3.81. The van der Waals surface area contributed by atoms with E-state index in [1.165, 1.54) is 12.4 Å². The number of fused-ring (bicyclic) bond motifs is 1. The Kier molecular flexibility index (Phi) is 4.97. The van der Waals surface area contributed by atoms with Crippen LogP contribution in [-0.4, -0.2) is 34.4 Å². The standard InChI is InChI=1S/C21H17N3O3S2/c1-14-3-9-17(10-4-14)29(26,27)24-12-11-18-21(24)22-13-19(23-18)20(25)15-5-7-16(28-2)8-6-15/h3-13H,1-2H3. The summed E-state index contributed by atoms with van der Waals surface area (Å²) in [5.74, 6) is -0.263. The third-order valence-corrected chi connectivity index (χ3v) is 6.94. The smallest absolute Gasteiger partial charge is 0.269 e. The SMILES string of the molecule is CSc1ccc(C(=O)c2cnc3c(ccn3S(=O)(=O)c3ccc(C)cc3)n2)cc1. The highest BCUT2D eigenvalue weighted by atomic mass is 32.2. The number of thioether (sulfide) groups is 1. The zero-order chi connectivity index (χ0) is 20.6. The van der Waals surface area contributed by atoms with Gasteiger partial charge in [-0.05, 0) is 55.6 Å². The third kappa shape index (κ3) is 3.56. The topological polar surface area (TPSA) is 81.9 Å². The van der Waals surface area contributed by atoms with Crippen molar-refractivity contribution in [3.05, 3.63) is 83.8 Å². The summed E-state index contributed by atoms with van der Waals surface area (Å²) in [5, 5.41) is 0. The van der Waals surface area contributed by atoms with Crippen molar-refractivity contribution in [2.75, 3.05) is 6.26 Å². The molecule has 29 heavy (non-hydrogen) atoms. The number of aromatic nitrogens is 3. The Morgan fingerprint density at radius 2 is 1.69 bits per heavy atom. The number of benzene rings is 2. The fourth-order valence-corrected chi connectivity index (χ4v) is 4.61. The maximum Gasteiger partial charge on any atom is 0.269 e.